The second kappa shape index (κ2) is 7.28. The summed E-state index contributed by atoms with van der Waals surface area (Å²) in [6.45, 7) is 3.47. The molecule has 0 aliphatic heterocycles. The van der Waals surface area contributed by atoms with Crippen LogP contribution in [0.25, 0.3) is 0 Å². The van der Waals surface area contributed by atoms with Gasteiger partial charge in [0.2, 0.25) is 5.95 Å². The van der Waals surface area contributed by atoms with Crippen molar-refractivity contribution in [3.05, 3.63) is 21.6 Å². The van der Waals surface area contributed by atoms with Gasteiger partial charge in [-0.05, 0) is 19.8 Å². The van der Waals surface area contributed by atoms with Crippen molar-refractivity contribution in [2.24, 2.45) is 0 Å². The van der Waals surface area contributed by atoms with E-state index in [0.717, 1.165) is 17.7 Å². The summed E-state index contributed by atoms with van der Waals surface area (Å²) in [5.41, 5.74) is 0.917. The zero-order valence-corrected chi connectivity index (χ0v) is 11.9. The Hall–Kier alpha value is -2.36. The summed E-state index contributed by atoms with van der Waals surface area (Å²) >= 11 is 0. The molecule has 0 spiro atoms. The van der Waals surface area contributed by atoms with Crippen LogP contribution in [0, 0.1) is 18.4 Å². The molecule has 20 heavy (non-hydrogen) atoms. The number of nitrogens with one attached hydrogen (secondary N) is 1. The van der Waals surface area contributed by atoms with Crippen molar-refractivity contribution in [1.29, 1.82) is 5.26 Å². The zero-order chi connectivity index (χ0) is 15.1. The van der Waals surface area contributed by atoms with Crippen molar-refractivity contribution in [3.8, 4) is 6.19 Å². The Morgan fingerprint density at radius 2 is 2.25 bits per heavy atom. The van der Waals surface area contributed by atoms with E-state index in [0.29, 0.717) is 17.7 Å². The number of methoxy groups -OCH3 is 1. The maximum Gasteiger partial charge on any atom is 0.326 e. The van der Waals surface area contributed by atoms with E-state index in [1.807, 2.05) is 6.92 Å². The Morgan fingerprint density at radius 1 is 1.55 bits per heavy atom. The monoisotopic (exact) mass is 278 g/mol. The van der Waals surface area contributed by atoms with Gasteiger partial charge in [-0.3, -0.25) is 14.6 Å². The van der Waals surface area contributed by atoms with E-state index in [1.54, 1.807) is 13.1 Å². The standard InChI is InChI=1S/C13H18N4O3/c1-4-5-6-10-9(2)15-13(16-12(10)19)17(8-14)7-11(18)20-3/h4-7H2,1-3H3,(H,15,16,19). The van der Waals surface area contributed by atoms with Crippen LogP contribution in [0.3, 0.4) is 0 Å². The molecule has 1 N–H and O–H groups in total. The van der Waals surface area contributed by atoms with E-state index in [-0.39, 0.29) is 18.1 Å². The first kappa shape index (κ1) is 15.7. The van der Waals surface area contributed by atoms with Gasteiger partial charge in [0.25, 0.3) is 5.56 Å². The molecule has 0 saturated carbocycles. The highest BCUT2D eigenvalue weighted by Crippen LogP contribution is 2.09. The molecule has 7 nitrogen and oxygen atoms in total. The van der Waals surface area contributed by atoms with Crippen LogP contribution in [0.5, 0.6) is 0 Å². The van der Waals surface area contributed by atoms with Crippen LogP contribution in [0.4, 0.5) is 5.95 Å². The normalized spacial score (nSPS) is 9.90. The molecule has 0 unspecified atom stereocenters. The molecule has 7 heteroatoms. The summed E-state index contributed by atoms with van der Waals surface area (Å²) in [5, 5.41) is 9.02. The molecular weight excluding hydrogens is 260 g/mol. The molecule has 108 valence electrons. The van der Waals surface area contributed by atoms with E-state index in [2.05, 4.69) is 14.7 Å². The van der Waals surface area contributed by atoms with Crippen LogP contribution < -0.4 is 10.5 Å². The SMILES string of the molecule is CCCCc1c(C)nc(N(C#N)CC(=O)OC)[nH]c1=O. The molecule has 1 aromatic rings. The fraction of sp³-hybridized carbons (Fsp3) is 0.538. The van der Waals surface area contributed by atoms with Gasteiger partial charge >= 0.3 is 5.97 Å². The summed E-state index contributed by atoms with van der Waals surface area (Å²) < 4.78 is 4.49. The number of aromatic nitrogens is 2. The Labute approximate surface area is 117 Å². The summed E-state index contributed by atoms with van der Waals surface area (Å²) in [6, 6.07) is 0. The number of hydrogen-bond acceptors (Lipinski definition) is 6. The number of carbonyl (C=O) groups excluding carboxylic acids is 1. The Morgan fingerprint density at radius 3 is 2.75 bits per heavy atom. The smallest absolute Gasteiger partial charge is 0.326 e. The minimum Gasteiger partial charge on any atom is -0.468 e. The molecule has 1 heterocycles. The number of aryl methyl sites for hydroxylation is 1. The molecule has 1 rings (SSSR count). The van der Waals surface area contributed by atoms with Crippen LogP contribution in [0.2, 0.25) is 0 Å². The van der Waals surface area contributed by atoms with Crippen molar-refractivity contribution < 1.29 is 9.53 Å². The fourth-order valence-electron chi connectivity index (χ4n) is 1.72. The number of rotatable bonds is 6. The van der Waals surface area contributed by atoms with Gasteiger partial charge in [-0.2, -0.15) is 5.26 Å². The average molecular weight is 278 g/mol. The largest absolute Gasteiger partial charge is 0.468 e. The first-order valence-corrected chi connectivity index (χ1v) is 6.37. The zero-order valence-electron chi connectivity index (χ0n) is 11.9. The molecule has 0 aliphatic rings. The van der Waals surface area contributed by atoms with Crippen molar-refractivity contribution in [2.75, 3.05) is 18.6 Å². The van der Waals surface area contributed by atoms with Crippen molar-refractivity contribution >= 4 is 11.9 Å². The maximum absolute atomic E-state index is 12.0. The van der Waals surface area contributed by atoms with Crippen LogP contribution in [0.15, 0.2) is 4.79 Å². The van der Waals surface area contributed by atoms with Gasteiger partial charge in [-0.1, -0.05) is 13.3 Å². The summed E-state index contributed by atoms with van der Waals surface area (Å²) in [6.07, 6.45) is 4.33. The lowest BCUT2D eigenvalue weighted by atomic mass is 10.1. The number of aromatic amines is 1. The molecule has 0 fully saturated rings. The number of ether oxygens (including phenoxy) is 1. The number of nitrogens with zero attached hydrogens (tertiary/aromatic N) is 3. The Balaban J connectivity index is 3.05. The minimum atomic E-state index is -0.582. The third kappa shape index (κ3) is 3.82. The van der Waals surface area contributed by atoms with E-state index in [1.165, 1.54) is 7.11 Å². The van der Waals surface area contributed by atoms with Crippen LogP contribution >= 0.6 is 0 Å². The molecule has 0 bridgehead atoms. The summed E-state index contributed by atoms with van der Waals surface area (Å²) in [5.74, 6) is -0.525. The van der Waals surface area contributed by atoms with Gasteiger partial charge in [0.05, 0.1) is 7.11 Å². The van der Waals surface area contributed by atoms with Crippen molar-refractivity contribution in [3.63, 3.8) is 0 Å². The minimum absolute atomic E-state index is 0.0562. The van der Waals surface area contributed by atoms with E-state index < -0.39 is 5.97 Å². The lowest BCUT2D eigenvalue weighted by Crippen LogP contribution is -2.30. The molecule has 1 aromatic heterocycles. The third-order valence-electron chi connectivity index (χ3n) is 2.88. The molecule has 0 aromatic carbocycles. The van der Waals surface area contributed by atoms with Gasteiger partial charge in [0, 0.05) is 11.3 Å². The molecular formula is C13H18N4O3. The molecule has 0 saturated heterocycles. The van der Waals surface area contributed by atoms with Gasteiger partial charge in [-0.15, -0.1) is 0 Å². The maximum atomic E-state index is 12.0. The van der Waals surface area contributed by atoms with Gasteiger partial charge in [0.1, 0.15) is 6.54 Å². The van der Waals surface area contributed by atoms with Crippen molar-refractivity contribution in [1.82, 2.24) is 9.97 Å². The van der Waals surface area contributed by atoms with Gasteiger partial charge in [-0.25, -0.2) is 9.88 Å². The summed E-state index contributed by atoms with van der Waals surface area (Å²) in [4.78, 5) is 30.9. The number of hydrogen-bond donors (Lipinski definition) is 1. The molecule has 0 atom stereocenters. The van der Waals surface area contributed by atoms with Crippen LogP contribution in [0.1, 0.15) is 31.0 Å². The van der Waals surface area contributed by atoms with Crippen LogP contribution in [-0.4, -0.2) is 29.6 Å². The Kier molecular flexibility index (Phi) is 5.72. The second-order valence-corrected chi connectivity index (χ2v) is 4.32. The predicted octanol–water partition coefficient (Wildman–Crippen LogP) is 0.881. The molecule has 0 radical (unpaired) electrons. The predicted molar refractivity (Wildman–Crippen MR) is 73.2 cm³/mol. The fourth-order valence-corrected chi connectivity index (χ4v) is 1.72. The van der Waals surface area contributed by atoms with E-state index in [9.17, 15) is 9.59 Å². The van der Waals surface area contributed by atoms with Crippen LogP contribution in [-0.2, 0) is 16.0 Å². The number of unbranched alkanes of at least 4 members (excludes halogenated alkanes) is 1. The Bertz CT molecular complexity index is 574. The number of esters is 1. The van der Waals surface area contributed by atoms with Gasteiger partial charge < -0.3 is 4.74 Å². The highest BCUT2D eigenvalue weighted by molar-refractivity contribution is 5.75. The second-order valence-electron chi connectivity index (χ2n) is 4.32. The number of H-pyrrole nitrogens is 1. The quantitative estimate of drug-likeness (QED) is 0.471. The topological polar surface area (TPSA) is 99.1 Å². The van der Waals surface area contributed by atoms with Crippen molar-refractivity contribution in [2.45, 2.75) is 33.1 Å². The lowest BCUT2D eigenvalue weighted by molar-refractivity contribution is -0.138. The van der Waals surface area contributed by atoms with Gasteiger partial charge in [0.15, 0.2) is 6.19 Å². The third-order valence-corrected chi connectivity index (χ3v) is 2.88. The van der Waals surface area contributed by atoms with E-state index in [4.69, 9.17) is 5.26 Å². The van der Waals surface area contributed by atoms with E-state index >= 15 is 0 Å². The number of carbonyl (C=O) groups is 1. The number of nitriles is 1. The summed E-state index contributed by atoms with van der Waals surface area (Å²) in [7, 11) is 1.23. The highest BCUT2D eigenvalue weighted by Gasteiger charge is 2.16. The lowest BCUT2D eigenvalue weighted by Gasteiger charge is -2.14. The highest BCUT2D eigenvalue weighted by atomic mass is 16.5. The number of anilines is 1. The molecule has 0 amide bonds. The molecule has 0 aliphatic carbocycles. The average Bonchev–Trinajstić information content (AvgIpc) is 2.43. The first-order chi connectivity index (χ1) is 9.53. The first-order valence-electron chi connectivity index (χ1n) is 6.37.